The Morgan fingerprint density at radius 3 is 2.73 bits per heavy atom. The molecule has 0 amide bonds. The van der Waals surface area contributed by atoms with Gasteiger partial charge in [0.2, 0.25) is 0 Å². The van der Waals surface area contributed by atoms with Gasteiger partial charge in [0.15, 0.2) is 6.29 Å². The van der Waals surface area contributed by atoms with Crippen LogP contribution in [0.2, 0.25) is 0 Å². The Labute approximate surface area is 90.8 Å². The quantitative estimate of drug-likeness (QED) is 0.771. The molecule has 2 heterocycles. The van der Waals surface area contributed by atoms with Gasteiger partial charge in [0.1, 0.15) is 0 Å². The molecule has 1 fully saturated rings. The van der Waals surface area contributed by atoms with E-state index < -0.39 is 0 Å². The number of aromatic amines is 1. The third-order valence-corrected chi connectivity index (χ3v) is 2.66. The van der Waals surface area contributed by atoms with Crippen molar-refractivity contribution in [2.24, 2.45) is 0 Å². The van der Waals surface area contributed by atoms with E-state index in [2.05, 4.69) is 38.7 Å². The van der Waals surface area contributed by atoms with Crippen molar-refractivity contribution in [1.29, 1.82) is 0 Å². The summed E-state index contributed by atoms with van der Waals surface area (Å²) in [5, 5.41) is 0. The number of nitrogens with one attached hydrogen (secondary N) is 1. The van der Waals surface area contributed by atoms with E-state index in [0.717, 1.165) is 12.1 Å². The maximum absolute atomic E-state index is 5.89. The maximum atomic E-state index is 5.89. The second-order valence-electron chi connectivity index (χ2n) is 4.99. The van der Waals surface area contributed by atoms with E-state index in [9.17, 15) is 0 Å². The van der Waals surface area contributed by atoms with Gasteiger partial charge in [-0.05, 0) is 39.3 Å². The molecule has 0 spiro atoms. The van der Waals surface area contributed by atoms with E-state index in [-0.39, 0.29) is 18.0 Å². The molecule has 0 aliphatic carbocycles. The Balaban J connectivity index is 2.16. The van der Waals surface area contributed by atoms with Gasteiger partial charge >= 0.3 is 0 Å². The molecular weight excluding hydrogens is 190 g/mol. The zero-order valence-corrected chi connectivity index (χ0v) is 9.83. The summed E-state index contributed by atoms with van der Waals surface area (Å²) in [6.07, 6.45) is 2.89. The minimum atomic E-state index is -0.252. The first-order chi connectivity index (χ1) is 6.96. The van der Waals surface area contributed by atoms with Gasteiger partial charge in [0, 0.05) is 12.6 Å². The fraction of sp³-hybridized carbons (Fsp3) is 0.667. The molecule has 0 aromatic carbocycles. The molecule has 1 aliphatic heterocycles. The van der Waals surface area contributed by atoms with Gasteiger partial charge in [0.05, 0.1) is 17.4 Å². The highest BCUT2D eigenvalue weighted by Gasteiger charge is 2.34. The van der Waals surface area contributed by atoms with Crippen LogP contribution in [-0.4, -0.2) is 16.7 Å². The van der Waals surface area contributed by atoms with Crippen LogP contribution >= 0.6 is 0 Å². The summed E-state index contributed by atoms with van der Waals surface area (Å²) in [5.41, 5.74) is 2.10. The molecule has 2 atom stereocenters. The van der Waals surface area contributed by atoms with Crippen molar-refractivity contribution in [2.45, 2.75) is 52.1 Å². The standard InChI is InChI=1S/C12H19NO2/c1-8-5-10(13-7-8)11-14-9(2)6-12(3,4)15-11/h5,7,9,11,13H,6H2,1-4H3. The van der Waals surface area contributed by atoms with Crippen LogP contribution in [0.1, 0.15) is 44.7 Å². The molecule has 3 nitrogen and oxygen atoms in total. The zero-order chi connectivity index (χ0) is 11.1. The summed E-state index contributed by atoms with van der Waals surface area (Å²) in [6, 6.07) is 2.07. The van der Waals surface area contributed by atoms with Gasteiger partial charge in [-0.1, -0.05) is 0 Å². The first-order valence-corrected chi connectivity index (χ1v) is 5.44. The first kappa shape index (κ1) is 10.7. The van der Waals surface area contributed by atoms with Crippen LogP contribution in [-0.2, 0) is 9.47 Å². The van der Waals surface area contributed by atoms with Crippen LogP contribution in [0, 0.1) is 6.92 Å². The molecule has 0 radical (unpaired) electrons. The van der Waals surface area contributed by atoms with Gasteiger partial charge in [-0.2, -0.15) is 0 Å². The number of ether oxygens (including phenoxy) is 2. The van der Waals surface area contributed by atoms with Crippen LogP contribution < -0.4 is 0 Å². The van der Waals surface area contributed by atoms with Crippen LogP contribution in [0.4, 0.5) is 0 Å². The highest BCUT2D eigenvalue weighted by Crippen LogP contribution is 2.35. The Morgan fingerprint density at radius 2 is 2.20 bits per heavy atom. The highest BCUT2D eigenvalue weighted by atomic mass is 16.7. The number of hydrogen-bond donors (Lipinski definition) is 1. The van der Waals surface area contributed by atoms with Crippen LogP contribution in [0.3, 0.4) is 0 Å². The predicted molar refractivity (Wildman–Crippen MR) is 58.6 cm³/mol. The highest BCUT2D eigenvalue weighted by molar-refractivity contribution is 5.16. The van der Waals surface area contributed by atoms with E-state index >= 15 is 0 Å². The molecule has 0 bridgehead atoms. The Kier molecular flexibility index (Phi) is 2.61. The lowest BCUT2D eigenvalue weighted by Gasteiger charge is -2.39. The van der Waals surface area contributed by atoms with E-state index in [1.165, 1.54) is 5.56 Å². The van der Waals surface area contributed by atoms with E-state index in [1.807, 2.05) is 6.20 Å². The summed E-state index contributed by atoms with van der Waals surface area (Å²) in [7, 11) is 0. The maximum Gasteiger partial charge on any atom is 0.199 e. The van der Waals surface area contributed by atoms with Crippen LogP contribution in [0.15, 0.2) is 12.3 Å². The fourth-order valence-electron chi connectivity index (χ4n) is 2.12. The smallest absolute Gasteiger partial charge is 0.199 e. The van der Waals surface area contributed by atoms with Gasteiger partial charge in [-0.3, -0.25) is 0 Å². The van der Waals surface area contributed by atoms with Crippen molar-refractivity contribution in [2.75, 3.05) is 0 Å². The number of rotatable bonds is 1. The molecule has 1 aliphatic rings. The van der Waals surface area contributed by atoms with Gasteiger partial charge in [0.25, 0.3) is 0 Å². The number of aryl methyl sites for hydroxylation is 1. The molecule has 3 heteroatoms. The topological polar surface area (TPSA) is 34.2 Å². The normalized spacial score (nSPS) is 30.4. The molecule has 1 aromatic rings. The van der Waals surface area contributed by atoms with Crippen molar-refractivity contribution >= 4 is 0 Å². The lowest BCUT2D eigenvalue weighted by atomic mass is 10.00. The van der Waals surface area contributed by atoms with Crippen molar-refractivity contribution in [3.63, 3.8) is 0 Å². The van der Waals surface area contributed by atoms with E-state index in [1.54, 1.807) is 0 Å². The minimum Gasteiger partial charge on any atom is -0.361 e. The minimum absolute atomic E-state index is 0.110. The largest absolute Gasteiger partial charge is 0.361 e. The molecule has 2 unspecified atom stereocenters. The summed E-state index contributed by atoms with van der Waals surface area (Å²) in [5.74, 6) is 0. The van der Waals surface area contributed by atoms with E-state index in [4.69, 9.17) is 9.47 Å². The molecule has 1 aromatic heterocycles. The molecule has 84 valence electrons. The molecule has 15 heavy (non-hydrogen) atoms. The molecular formula is C12H19NO2. The average molecular weight is 209 g/mol. The number of hydrogen-bond acceptors (Lipinski definition) is 2. The Hall–Kier alpha value is -0.800. The molecule has 0 saturated carbocycles. The van der Waals surface area contributed by atoms with Crippen molar-refractivity contribution in [3.8, 4) is 0 Å². The second-order valence-corrected chi connectivity index (χ2v) is 4.99. The molecule has 1 saturated heterocycles. The summed E-state index contributed by atoms with van der Waals surface area (Å²) < 4.78 is 11.7. The van der Waals surface area contributed by atoms with Crippen LogP contribution in [0.5, 0.6) is 0 Å². The van der Waals surface area contributed by atoms with Crippen LogP contribution in [0.25, 0.3) is 0 Å². The Bertz CT molecular complexity index is 343. The number of aromatic nitrogens is 1. The second kappa shape index (κ2) is 3.65. The van der Waals surface area contributed by atoms with Gasteiger partial charge < -0.3 is 14.5 Å². The first-order valence-electron chi connectivity index (χ1n) is 5.44. The third-order valence-electron chi connectivity index (χ3n) is 2.66. The Morgan fingerprint density at radius 1 is 1.47 bits per heavy atom. The lowest BCUT2D eigenvalue weighted by molar-refractivity contribution is -0.275. The van der Waals surface area contributed by atoms with Crippen molar-refractivity contribution in [3.05, 3.63) is 23.5 Å². The van der Waals surface area contributed by atoms with Gasteiger partial charge in [-0.15, -0.1) is 0 Å². The monoisotopic (exact) mass is 209 g/mol. The molecule has 2 rings (SSSR count). The van der Waals surface area contributed by atoms with E-state index in [0.29, 0.717) is 0 Å². The summed E-state index contributed by atoms with van der Waals surface area (Å²) in [6.45, 7) is 8.36. The van der Waals surface area contributed by atoms with Crippen molar-refractivity contribution in [1.82, 2.24) is 4.98 Å². The zero-order valence-electron chi connectivity index (χ0n) is 9.83. The average Bonchev–Trinajstić information content (AvgIpc) is 2.48. The van der Waals surface area contributed by atoms with Crippen molar-refractivity contribution < 1.29 is 9.47 Å². The molecule has 1 N–H and O–H groups in total. The SMILES string of the molecule is Cc1c[nH]c(C2OC(C)CC(C)(C)O2)c1. The summed E-state index contributed by atoms with van der Waals surface area (Å²) in [4.78, 5) is 3.18. The fourth-order valence-corrected chi connectivity index (χ4v) is 2.12. The van der Waals surface area contributed by atoms with Gasteiger partial charge in [-0.25, -0.2) is 0 Å². The summed E-state index contributed by atoms with van der Waals surface area (Å²) >= 11 is 0. The number of H-pyrrole nitrogens is 1. The predicted octanol–water partition coefficient (Wildman–Crippen LogP) is 2.93. The lowest BCUT2D eigenvalue weighted by Crippen LogP contribution is -2.39. The third kappa shape index (κ3) is 2.41.